The lowest BCUT2D eigenvalue weighted by Gasteiger charge is -2.38. The molecule has 2 atom stereocenters. The maximum atomic E-state index is 12.2. The van der Waals surface area contributed by atoms with E-state index in [1.165, 1.54) is 4.90 Å². The standard InChI is InChI=1S/C14H26N2O3/c1-5-10-7-8-16(11(9-10)12(17)18)13(19)15-14(3,4)6-2/h10-11H,5-9H2,1-4H3,(H,15,19)(H,17,18). The van der Waals surface area contributed by atoms with Crippen molar-refractivity contribution in [3.05, 3.63) is 0 Å². The van der Waals surface area contributed by atoms with E-state index in [1.807, 2.05) is 20.8 Å². The van der Waals surface area contributed by atoms with Crippen LogP contribution in [0.25, 0.3) is 0 Å². The minimum Gasteiger partial charge on any atom is -0.480 e. The van der Waals surface area contributed by atoms with Crippen molar-refractivity contribution in [3.8, 4) is 0 Å². The number of hydrogen-bond donors (Lipinski definition) is 2. The van der Waals surface area contributed by atoms with Crippen molar-refractivity contribution in [3.63, 3.8) is 0 Å². The van der Waals surface area contributed by atoms with Gasteiger partial charge in [0.25, 0.3) is 0 Å². The van der Waals surface area contributed by atoms with E-state index in [1.54, 1.807) is 0 Å². The van der Waals surface area contributed by atoms with Crippen molar-refractivity contribution in [1.82, 2.24) is 10.2 Å². The topological polar surface area (TPSA) is 69.6 Å². The van der Waals surface area contributed by atoms with Crippen molar-refractivity contribution < 1.29 is 14.7 Å². The number of carboxylic acids is 1. The zero-order chi connectivity index (χ0) is 14.6. The van der Waals surface area contributed by atoms with Gasteiger partial charge in [0.15, 0.2) is 0 Å². The predicted octanol–water partition coefficient (Wildman–Crippen LogP) is 2.46. The molecule has 0 aromatic heterocycles. The molecule has 1 aliphatic rings. The number of likely N-dealkylation sites (tertiary alicyclic amines) is 1. The zero-order valence-electron chi connectivity index (χ0n) is 12.4. The molecular formula is C14H26N2O3. The second-order valence-electron chi connectivity index (χ2n) is 6.01. The van der Waals surface area contributed by atoms with E-state index in [0.717, 1.165) is 19.3 Å². The lowest BCUT2D eigenvalue weighted by Crippen LogP contribution is -2.57. The molecule has 0 radical (unpaired) electrons. The highest BCUT2D eigenvalue weighted by Crippen LogP contribution is 2.26. The number of urea groups is 1. The summed E-state index contributed by atoms with van der Waals surface area (Å²) in [4.78, 5) is 25.1. The molecule has 0 aliphatic carbocycles. The van der Waals surface area contributed by atoms with Gasteiger partial charge in [-0.1, -0.05) is 20.3 Å². The molecule has 19 heavy (non-hydrogen) atoms. The van der Waals surface area contributed by atoms with Crippen LogP contribution in [0.3, 0.4) is 0 Å². The molecule has 0 aromatic carbocycles. The van der Waals surface area contributed by atoms with Gasteiger partial charge in [-0.15, -0.1) is 0 Å². The Balaban J connectivity index is 2.74. The molecule has 0 bridgehead atoms. The quantitative estimate of drug-likeness (QED) is 0.824. The van der Waals surface area contributed by atoms with E-state index in [2.05, 4.69) is 12.2 Å². The van der Waals surface area contributed by atoms with Crippen molar-refractivity contribution in [1.29, 1.82) is 0 Å². The normalized spacial score (nSPS) is 24.1. The van der Waals surface area contributed by atoms with Gasteiger partial charge in [-0.3, -0.25) is 0 Å². The highest BCUT2D eigenvalue weighted by atomic mass is 16.4. The van der Waals surface area contributed by atoms with Crippen LogP contribution < -0.4 is 5.32 Å². The number of carbonyl (C=O) groups is 2. The average Bonchev–Trinajstić information content (AvgIpc) is 2.37. The molecule has 1 saturated heterocycles. The first-order chi connectivity index (χ1) is 8.80. The Labute approximate surface area is 115 Å². The zero-order valence-corrected chi connectivity index (χ0v) is 12.4. The highest BCUT2D eigenvalue weighted by molar-refractivity contribution is 5.83. The number of rotatable bonds is 4. The average molecular weight is 270 g/mol. The molecule has 0 saturated carbocycles. The summed E-state index contributed by atoms with van der Waals surface area (Å²) in [5.74, 6) is -0.494. The third-order valence-electron chi connectivity index (χ3n) is 4.16. The van der Waals surface area contributed by atoms with Gasteiger partial charge in [-0.2, -0.15) is 0 Å². The molecule has 5 nitrogen and oxygen atoms in total. The molecule has 2 unspecified atom stereocenters. The summed E-state index contributed by atoms with van der Waals surface area (Å²) in [5, 5.41) is 12.2. The fraction of sp³-hybridized carbons (Fsp3) is 0.857. The number of aliphatic carboxylic acids is 1. The minimum absolute atomic E-state index is 0.256. The molecule has 0 spiro atoms. The van der Waals surface area contributed by atoms with Gasteiger partial charge >= 0.3 is 12.0 Å². The van der Waals surface area contributed by atoms with Crippen LogP contribution in [0.4, 0.5) is 4.79 Å². The minimum atomic E-state index is -0.900. The van der Waals surface area contributed by atoms with Crippen LogP contribution in [0, 0.1) is 5.92 Å². The van der Waals surface area contributed by atoms with Crippen molar-refractivity contribution in [2.24, 2.45) is 5.92 Å². The second-order valence-corrected chi connectivity index (χ2v) is 6.01. The SMILES string of the molecule is CCC1CCN(C(=O)NC(C)(C)CC)C(C(=O)O)C1. The number of piperidine rings is 1. The Hall–Kier alpha value is -1.26. The summed E-state index contributed by atoms with van der Waals surface area (Å²) in [6, 6.07) is -0.944. The van der Waals surface area contributed by atoms with E-state index in [4.69, 9.17) is 0 Å². The number of carbonyl (C=O) groups excluding carboxylic acids is 1. The van der Waals surface area contributed by atoms with E-state index >= 15 is 0 Å². The summed E-state index contributed by atoms with van der Waals surface area (Å²) in [6.45, 7) is 8.48. The lowest BCUT2D eigenvalue weighted by molar-refractivity contribution is -0.144. The van der Waals surface area contributed by atoms with Gasteiger partial charge in [0.05, 0.1) is 0 Å². The number of hydrogen-bond acceptors (Lipinski definition) is 2. The first-order valence-electron chi connectivity index (χ1n) is 7.12. The van der Waals surface area contributed by atoms with Crippen molar-refractivity contribution in [2.45, 2.75) is 65.0 Å². The second kappa shape index (κ2) is 6.26. The number of carboxylic acid groups (broad SMARTS) is 1. The Morgan fingerprint density at radius 3 is 2.47 bits per heavy atom. The van der Waals surface area contributed by atoms with E-state index in [0.29, 0.717) is 18.9 Å². The number of nitrogens with one attached hydrogen (secondary N) is 1. The molecule has 0 aromatic rings. The van der Waals surface area contributed by atoms with Gasteiger partial charge < -0.3 is 15.3 Å². The molecule has 2 N–H and O–H groups in total. The van der Waals surface area contributed by atoms with Gasteiger partial charge in [0.2, 0.25) is 0 Å². The van der Waals surface area contributed by atoms with Crippen molar-refractivity contribution in [2.75, 3.05) is 6.54 Å². The van der Waals surface area contributed by atoms with Gasteiger partial charge in [-0.25, -0.2) is 9.59 Å². The summed E-state index contributed by atoms with van der Waals surface area (Å²) >= 11 is 0. The molecule has 1 aliphatic heterocycles. The van der Waals surface area contributed by atoms with E-state index in [-0.39, 0.29) is 11.6 Å². The molecule has 110 valence electrons. The van der Waals surface area contributed by atoms with E-state index < -0.39 is 12.0 Å². The van der Waals surface area contributed by atoms with Gasteiger partial charge in [-0.05, 0) is 39.0 Å². The van der Waals surface area contributed by atoms with Crippen LogP contribution in [0.2, 0.25) is 0 Å². The Morgan fingerprint density at radius 1 is 1.37 bits per heavy atom. The number of nitrogens with zero attached hydrogens (tertiary/aromatic N) is 1. The Morgan fingerprint density at radius 2 is 2.00 bits per heavy atom. The van der Waals surface area contributed by atoms with Gasteiger partial charge in [0.1, 0.15) is 6.04 Å². The lowest BCUT2D eigenvalue weighted by atomic mass is 9.89. The maximum Gasteiger partial charge on any atom is 0.326 e. The molecule has 1 rings (SSSR count). The molecule has 2 amide bonds. The van der Waals surface area contributed by atoms with Crippen LogP contribution in [0.15, 0.2) is 0 Å². The Kier molecular flexibility index (Phi) is 5.20. The van der Waals surface area contributed by atoms with Crippen LogP contribution in [-0.4, -0.2) is 40.1 Å². The maximum absolute atomic E-state index is 12.2. The molecular weight excluding hydrogens is 244 g/mol. The molecule has 1 fully saturated rings. The van der Waals surface area contributed by atoms with Crippen LogP contribution in [0.5, 0.6) is 0 Å². The van der Waals surface area contributed by atoms with E-state index in [9.17, 15) is 14.7 Å². The fourth-order valence-electron chi connectivity index (χ4n) is 2.34. The first kappa shape index (κ1) is 15.8. The highest BCUT2D eigenvalue weighted by Gasteiger charge is 2.36. The fourth-order valence-corrected chi connectivity index (χ4v) is 2.34. The van der Waals surface area contributed by atoms with Gasteiger partial charge in [0, 0.05) is 12.1 Å². The van der Waals surface area contributed by atoms with Crippen LogP contribution in [-0.2, 0) is 4.79 Å². The summed E-state index contributed by atoms with van der Waals surface area (Å²) in [7, 11) is 0. The largest absolute Gasteiger partial charge is 0.480 e. The predicted molar refractivity (Wildman–Crippen MR) is 74.0 cm³/mol. The molecule has 1 heterocycles. The summed E-state index contributed by atoms with van der Waals surface area (Å²) < 4.78 is 0. The smallest absolute Gasteiger partial charge is 0.326 e. The summed E-state index contributed by atoms with van der Waals surface area (Å²) in [6.07, 6.45) is 3.23. The first-order valence-corrected chi connectivity index (χ1v) is 7.12. The monoisotopic (exact) mass is 270 g/mol. The van der Waals surface area contributed by atoms with Crippen LogP contribution in [0.1, 0.15) is 53.4 Å². The number of amides is 2. The summed E-state index contributed by atoms with van der Waals surface area (Å²) in [5.41, 5.74) is -0.304. The molecule has 5 heteroatoms. The third kappa shape index (κ3) is 4.11. The van der Waals surface area contributed by atoms with Crippen molar-refractivity contribution >= 4 is 12.0 Å². The van der Waals surface area contributed by atoms with Crippen LogP contribution >= 0.6 is 0 Å². The Bertz CT molecular complexity index is 342. The third-order valence-corrected chi connectivity index (χ3v) is 4.16.